The molecule has 0 saturated heterocycles. The minimum absolute atomic E-state index is 0.0442. The first-order valence-electron chi connectivity index (χ1n) is 14.1. The van der Waals surface area contributed by atoms with Gasteiger partial charge in [0.05, 0.1) is 0 Å². The Hall–Kier alpha value is -2.52. The molecule has 10 heteroatoms. The van der Waals surface area contributed by atoms with Crippen molar-refractivity contribution >= 4 is 24.0 Å². The fraction of sp³-hybridized carbons (Fsp3) is 0.826. The molecule has 4 amide bonds. The van der Waals surface area contributed by atoms with Gasteiger partial charge in [0, 0.05) is 61.2 Å². The first-order valence-corrected chi connectivity index (χ1v) is 11.1. The van der Waals surface area contributed by atoms with E-state index >= 15 is 0 Å². The fourth-order valence-electron chi connectivity index (χ4n) is 2.64. The summed E-state index contributed by atoms with van der Waals surface area (Å²) in [4.78, 5) is 51.4. The van der Waals surface area contributed by atoms with E-state index in [1.165, 1.54) is 9.80 Å². The number of carbonyl (C=O) groups excluding carboxylic acids is 4. The van der Waals surface area contributed by atoms with Crippen molar-refractivity contribution in [2.75, 3.05) is 39.3 Å². The van der Waals surface area contributed by atoms with E-state index in [0.29, 0.717) is 6.42 Å². The van der Waals surface area contributed by atoms with Gasteiger partial charge in [-0.3, -0.25) is 9.59 Å². The molecule has 10 nitrogen and oxygen atoms in total. The van der Waals surface area contributed by atoms with Gasteiger partial charge >= 0.3 is 12.2 Å². The van der Waals surface area contributed by atoms with Crippen LogP contribution in [0.2, 0.25) is 0 Å². The maximum Gasteiger partial charge on any atom is 0.410 e. The Morgan fingerprint density at radius 2 is 1.00 bits per heavy atom. The van der Waals surface area contributed by atoms with Gasteiger partial charge in [-0.1, -0.05) is 0 Å². The maximum absolute atomic E-state index is 12.7. The Bertz CT molecular complexity index is 756. The van der Waals surface area contributed by atoms with Crippen molar-refractivity contribution in [1.82, 2.24) is 20.4 Å². The second-order valence-corrected chi connectivity index (χ2v) is 9.51. The minimum Gasteiger partial charge on any atom is -0.444 e. The van der Waals surface area contributed by atoms with Crippen molar-refractivity contribution in [2.45, 2.75) is 85.7 Å². The number of amides is 4. The van der Waals surface area contributed by atoms with Crippen molar-refractivity contribution < 1.29 is 36.9 Å². The molecule has 0 spiro atoms. The van der Waals surface area contributed by atoms with E-state index in [0.717, 1.165) is 0 Å². The van der Waals surface area contributed by atoms with Crippen LogP contribution in [0.1, 0.15) is 82.7 Å². The standard InChI is InChI=1S/C23H44N4O6/c1-18(28)24-12-9-14-26(20(30)32-22(3,4)5)16-11-17-27(15-10-13-25-19(2)29)21(31)33-23(6,7)8/h9-17H2,1-8H3,(H,24,28)(H,25,29)/i1D3,2D3. The number of nitrogens with one attached hydrogen (secondary N) is 2. The van der Waals surface area contributed by atoms with Crippen LogP contribution in [0.4, 0.5) is 9.59 Å². The normalized spacial score (nSPS) is 14.8. The number of hydrogen-bond acceptors (Lipinski definition) is 6. The highest BCUT2D eigenvalue weighted by atomic mass is 16.6. The van der Waals surface area contributed by atoms with Crippen LogP contribution < -0.4 is 10.6 Å². The lowest BCUT2D eigenvalue weighted by Gasteiger charge is -2.30. The van der Waals surface area contributed by atoms with Crippen molar-refractivity contribution in [3.05, 3.63) is 0 Å². The molecule has 0 rings (SSSR count). The maximum atomic E-state index is 12.7. The lowest BCUT2D eigenvalue weighted by molar-refractivity contribution is -0.119. The third kappa shape index (κ3) is 17.7. The third-order valence-electron chi connectivity index (χ3n) is 3.94. The zero-order valence-electron chi connectivity index (χ0n) is 26.7. The lowest BCUT2D eigenvalue weighted by atomic mass is 10.2. The summed E-state index contributed by atoms with van der Waals surface area (Å²) in [5.74, 6) is -2.15. The molecule has 0 radical (unpaired) electrons. The fourth-order valence-corrected chi connectivity index (χ4v) is 2.64. The average Bonchev–Trinajstić information content (AvgIpc) is 2.72. The summed E-state index contributed by atoms with van der Waals surface area (Å²) in [7, 11) is 0. The summed E-state index contributed by atoms with van der Waals surface area (Å²) in [6.07, 6.45) is -0.302. The third-order valence-corrected chi connectivity index (χ3v) is 3.94. The first kappa shape index (κ1) is 21.0. The SMILES string of the molecule is [2H]C([2H])([2H])C(=O)NCCCN(CCCN(CCCNC(=O)C([2H])([2H])[2H])C(=O)OC(C)(C)C)C(=O)OC(C)(C)C. The number of rotatable bonds is 12. The molecule has 0 bridgehead atoms. The van der Waals surface area contributed by atoms with E-state index in [9.17, 15) is 19.2 Å². The smallest absolute Gasteiger partial charge is 0.410 e. The van der Waals surface area contributed by atoms with Gasteiger partial charge in [0.1, 0.15) is 11.2 Å². The molecule has 0 unspecified atom stereocenters. The molecule has 0 heterocycles. The topological polar surface area (TPSA) is 117 Å². The molecule has 0 aliphatic carbocycles. The summed E-state index contributed by atoms with van der Waals surface area (Å²) >= 11 is 0. The number of hydrogen-bond donors (Lipinski definition) is 2. The van der Waals surface area contributed by atoms with Gasteiger partial charge < -0.3 is 29.9 Å². The molecule has 0 atom stereocenters. The Morgan fingerprint density at radius 1 is 0.667 bits per heavy atom. The Morgan fingerprint density at radius 3 is 1.30 bits per heavy atom. The highest BCUT2D eigenvalue weighted by Gasteiger charge is 2.24. The molecule has 192 valence electrons. The minimum atomic E-state index is -2.76. The monoisotopic (exact) mass is 478 g/mol. The quantitative estimate of drug-likeness (QED) is 0.417. The van der Waals surface area contributed by atoms with Crippen LogP contribution in [-0.4, -0.2) is 84.3 Å². The molecule has 0 aliphatic rings. The van der Waals surface area contributed by atoms with Crippen molar-refractivity contribution in [2.24, 2.45) is 0 Å². The molecular weight excluding hydrogens is 428 g/mol. The van der Waals surface area contributed by atoms with Crippen molar-refractivity contribution in [3.8, 4) is 0 Å². The largest absolute Gasteiger partial charge is 0.444 e. The second-order valence-electron chi connectivity index (χ2n) is 9.51. The van der Waals surface area contributed by atoms with Gasteiger partial charge in [-0.25, -0.2) is 9.59 Å². The van der Waals surface area contributed by atoms with Gasteiger partial charge in [-0.2, -0.15) is 0 Å². The van der Waals surface area contributed by atoms with Crippen LogP contribution in [0.25, 0.3) is 0 Å². The van der Waals surface area contributed by atoms with Gasteiger partial charge in [0.25, 0.3) is 0 Å². The summed E-state index contributed by atoms with van der Waals surface area (Å²) in [6, 6.07) is 0. The number of nitrogens with zero attached hydrogens (tertiary/aromatic N) is 2. The van der Waals surface area contributed by atoms with Crippen LogP contribution in [0.15, 0.2) is 0 Å². The van der Waals surface area contributed by atoms with Crippen LogP contribution >= 0.6 is 0 Å². The molecule has 0 saturated carbocycles. The lowest BCUT2D eigenvalue weighted by Crippen LogP contribution is -2.42. The van der Waals surface area contributed by atoms with Gasteiger partial charge in [0.2, 0.25) is 11.8 Å². The molecule has 0 aromatic rings. The van der Waals surface area contributed by atoms with E-state index in [4.69, 9.17) is 17.7 Å². The summed E-state index contributed by atoms with van der Waals surface area (Å²) < 4.78 is 53.5. The molecule has 0 fully saturated rings. The number of ether oxygens (including phenoxy) is 2. The second kappa shape index (κ2) is 14.6. The van der Waals surface area contributed by atoms with E-state index in [1.807, 2.05) is 0 Å². The van der Waals surface area contributed by atoms with E-state index in [1.54, 1.807) is 41.5 Å². The van der Waals surface area contributed by atoms with Crippen LogP contribution in [0.3, 0.4) is 0 Å². The Labute approximate surface area is 207 Å². The first-order chi connectivity index (χ1) is 17.5. The van der Waals surface area contributed by atoms with Gasteiger partial charge in [-0.05, 0) is 60.8 Å². The van der Waals surface area contributed by atoms with Crippen LogP contribution in [0, 0.1) is 0 Å². The predicted octanol–water partition coefficient (Wildman–Crippen LogP) is 2.90. The van der Waals surface area contributed by atoms with E-state index in [-0.39, 0.29) is 52.1 Å². The van der Waals surface area contributed by atoms with Crippen molar-refractivity contribution in [1.29, 1.82) is 0 Å². The molecule has 0 aromatic carbocycles. The summed E-state index contributed by atoms with van der Waals surface area (Å²) in [5, 5.41) is 4.61. The highest BCUT2D eigenvalue weighted by molar-refractivity contribution is 5.73. The van der Waals surface area contributed by atoms with E-state index in [2.05, 4.69) is 10.6 Å². The summed E-state index contributed by atoms with van der Waals surface area (Å²) in [6.45, 7) is 5.60. The van der Waals surface area contributed by atoms with E-state index < -0.39 is 48.9 Å². The van der Waals surface area contributed by atoms with Crippen LogP contribution in [0.5, 0.6) is 0 Å². The van der Waals surface area contributed by atoms with Gasteiger partial charge in [0.15, 0.2) is 0 Å². The average molecular weight is 479 g/mol. The Kier molecular flexibility index (Phi) is 9.30. The molecular formula is C23H44N4O6. The summed E-state index contributed by atoms with van der Waals surface area (Å²) in [5.41, 5.74) is -1.51. The zero-order valence-corrected chi connectivity index (χ0v) is 20.7. The molecule has 33 heavy (non-hydrogen) atoms. The number of carbonyl (C=O) groups is 4. The highest BCUT2D eigenvalue weighted by Crippen LogP contribution is 2.13. The van der Waals surface area contributed by atoms with Crippen molar-refractivity contribution in [3.63, 3.8) is 0 Å². The molecule has 0 aliphatic heterocycles. The molecule has 0 aromatic heterocycles. The predicted molar refractivity (Wildman–Crippen MR) is 127 cm³/mol. The Balaban J connectivity index is 5.18. The van der Waals surface area contributed by atoms with Gasteiger partial charge in [-0.15, -0.1) is 0 Å². The zero-order chi connectivity index (χ0) is 30.7. The molecule has 2 N–H and O–H groups in total. The van der Waals surface area contributed by atoms with Crippen LogP contribution in [-0.2, 0) is 19.1 Å².